The quantitative estimate of drug-likeness (QED) is 0.489. The fraction of sp³-hybridized carbons (Fsp3) is 0.278. The van der Waals surface area contributed by atoms with E-state index >= 15 is 0 Å². The topological polar surface area (TPSA) is 70.6 Å². The highest BCUT2D eigenvalue weighted by Crippen LogP contribution is 2.16. The van der Waals surface area contributed by atoms with E-state index in [0.717, 1.165) is 16.3 Å². The molecule has 2 N–H and O–H groups in total. The van der Waals surface area contributed by atoms with Crippen molar-refractivity contribution in [1.82, 2.24) is 10.7 Å². The third-order valence-corrected chi connectivity index (χ3v) is 3.24. The maximum absolute atomic E-state index is 11.7. The van der Waals surface area contributed by atoms with E-state index in [1.54, 1.807) is 6.21 Å². The molecule has 0 aliphatic rings. The summed E-state index contributed by atoms with van der Waals surface area (Å²) in [6.07, 6.45) is 1.37. The predicted octanol–water partition coefficient (Wildman–Crippen LogP) is 2.45. The number of fused-ring (bicyclic) bond motifs is 1. The van der Waals surface area contributed by atoms with Crippen LogP contribution in [0.1, 0.15) is 25.8 Å². The minimum absolute atomic E-state index is 0.223. The first-order valence-corrected chi connectivity index (χ1v) is 7.62. The molecule has 0 saturated carbocycles. The predicted molar refractivity (Wildman–Crippen MR) is 92.1 cm³/mol. The number of nitrogens with zero attached hydrogens (tertiary/aromatic N) is 1. The number of carbonyl (C=O) groups excluding carboxylic acids is 2. The Bertz CT molecular complexity index is 718. The summed E-state index contributed by atoms with van der Waals surface area (Å²) in [4.78, 5) is 23.2. The zero-order chi connectivity index (χ0) is 16.7. The molecule has 5 heteroatoms. The molecule has 0 radical (unpaired) electrons. The standard InChI is InChI=1S/C18H21N3O2/c1-13(2)11-19-17(22)10-18(23)21-20-12-15-8-5-7-14-6-3-4-9-16(14)15/h3-9,12-13H,10-11H2,1-2H3,(H,19,22)(H,21,23)/b20-12+. The SMILES string of the molecule is CC(C)CNC(=O)CC(=O)N/N=C/c1cccc2ccccc12. The van der Waals surface area contributed by atoms with Gasteiger partial charge in [0, 0.05) is 12.1 Å². The molecule has 2 amide bonds. The molecule has 2 aromatic carbocycles. The van der Waals surface area contributed by atoms with Crippen molar-refractivity contribution >= 4 is 28.8 Å². The van der Waals surface area contributed by atoms with Crippen LogP contribution in [0.25, 0.3) is 10.8 Å². The van der Waals surface area contributed by atoms with Crippen LogP contribution in [0.3, 0.4) is 0 Å². The summed E-state index contributed by atoms with van der Waals surface area (Å²) in [6.45, 7) is 4.55. The molecule has 0 spiro atoms. The third-order valence-electron chi connectivity index (χ3n) is 3.24. The summed E-state index contributed by atoms with van der Waals surface area (Å²) in [5.74, 6) is -0.370. The van der Waals surface area contributed by atoms with Gasteiger partial charge in [0.25, 0.3) is 0 Å². The van der Waals surface area contributed by atoms with Crippen molar-refractivity contribution in [2.24, 2.45) is 11.0 Å². The first-order valence-electron chi connectivity index (χ1n) is 7.62. The van der Waals surface area contributed by atoms with Gasteiger partial charge in [-0.1, -0.05) is 56.3 Å². The Morgan fingerprint density at radius 3 is 2.61 bits per heavy atom. The van der Waals surface area contributed by atoms with E-state index in [-0.39, 0.29) is 12.3 Å². The van der Waals surface area contributed by atoms with Gasteiger partial charge in [-0.3, -0.25) is 9.59 Å². The Morgan fingerprint density at radius 1 is 1.09 bits per heavy atom. The summed E-state index contributed by atoms with van der Waals surface area (Å²) in [6, 6.07) is 13.8. The number of rotatable bonds is 6. The highest BCUT2D eigenvalue weighted by Gasteiger charge is 2.08. The van der Waals surface area contributed by atoms with Gasteiger partial charge in [-0.2, -0.15) is 5.10 Å². The average molecular weight is 311 g/mol. The van der Waals surface area contributed by atoms with Gasteiger partial charge in [0.2, 0.25) is 11.8 Å². The minimum atomic E-state index is -0.428. The second-order valence-corrected chi connectivity index (χ2v) is 5.74. The first kappa shape index (κ1) is 16.7. The van der Waals surface area contributed by atoms with Gasteiger partial charge in [-0.25, -0.2) is 5.43 Å². The Balaban J connectivity index is 1.90. The van der Waals surface area contributed by atoms with Gasteiger partial charge in [-0.15, -0.1) is 0 Å². The van der Waals surface area contributed by atoms with Gasteiger partial charge in [0.05, 0.1) is 6.21 Å². The van der Waals surface area contributed by atoms with Crippen LogP contribution >= 0.6 is 0 Å². The maximum Gasteiger partial charge on any atom is 0.249 e. The van der Waals surface area contributed by atoms with Gasteiger partial charge < -0.3 is 5.32 Å². The zero-order valence-corrected chi connectivity index (χ0v) is 13.4. The molecule has 0 bridgehead atoms. The van der Waals surface area contributed by atoms with E-state index in [2.05, 4.69) is 15.8 Å². The van der Waals surface area contributed by atoms with Crippen molar-refractivity contribution in [3.05, 3.63) is 48.0 Å². The molecular weight excluding hydrogens is 290 g/mol. The zero-order valence-electron chi connectivity index (χ0n) is 13.4. The second kappa shape index (κ2) is 8.08. The van der Waals surface area contributed by atoms with E-state index in [1.807, 2.05) is 56.3 Å². The van der Waals surface area contributed by atoms with E-state index < -0.39 is 5.91 Å². The lowest BCUT2D eigenvalue weighted by Crippen LogP contribution is -2.32. The van der Waals surface area contributed by atoms with E-state index in [4.69, 9.17) is 0 Å². The molecular formula is C18H21N3O2. The third kappa shape index (κ3) is 5.21. The van der Waals surface area contributed by atoms with Crippen molar-refractivity contribution in [2.75, 3.05) is 6.54 Å². The highest BCUT2D eigenvalue weighted by molar-refractivity contribution is 6.00. The molecule has 0 aliphatic carbocycles. The molecule has 2 rings (SSSR count). The van der Waals surface area contributed by atoms with Crippen LogP contribution < -0.4 is 10.7 Å². The normalized spacial score (nSPS) is 11.1. The number of nitrogens with one attached hydrogen (secondary N) is 2. The van der Waals surface area contributed by atoms with Gasteiger partial charge >= 0.3 is 0 Å². The Morgan fingerprint density at radius 2 is 1.83 bits per heavy atom. The minimum Gasteiger partial charge on any atom is -0.355 e. The Kier molecular flexibility index (Phi) is 5.86. The van der Waals surface area contributed by atoms with Crippen molar-refractivity contribution in [2.45, 2.75) is 20.3 Å². The summed E-state index contributed by atoms with van der Waals surface area (Å²) in [5.41, 5.74) is 3.29. The molecule has 0 aliphatic heterocycles. The molecule has 0 unspecified atom stereocenters. The van der Waals surface area contributed by atoms with Crippen molar-refractivity contribution in [1.29, 1.82) is 0 Å². The lowest BCUT2D eigenvalue weighted by Gasteiger charge is -2.06. The fourth-order valence-corrected chi connectivity index (χ4v) is 2.10. The molecule has 0 fully saturated rings. The molecule has 23 heavy (non-hydrogen) atoms. The summed E-state index contributed by atoms with van der Waals surface area (Å²) < 4.78 is 0. The van der Waals surface area contributed by atoms with Crippen LogP contribution in [0.5, 0.6) is 0 Å². The number of carbonyl (C=O) groups is 2. The average Bonchev–Trinajstić information content (AvgIpc) is 2.53. The molecule has 2 aromatic rings. The van der Waals surface area contributed by atoms with Crippen molar-refractivity contribution in [3.8, 4) is 0 Å². The molecule has 120 valence electrons. The van der Waals surface area contributed by atoms with Gasteiger partial charge in [-0.05, 0) is 16.7 Å². The second-order valence-electron chi connectivity index (χ2n) is 5.74. The molecule has 0 saturated heterocycles. The van der Waals surface area contributed by atoms with E-state index in [0.29, 0.717) is 12.5 Å². The van der Waals surface area contributed by atoms with Crippen molar-refractivity contribution < 1.29 is 9.59 Å². The smallest absolute Gasteiger partial charge is 0.249 e. The largest absolute Gasteiger partial charge is 0.355 e. The number of hydrogen-bond donors (Lipinski definition) is 2. The van der Waals surface area contributed by atoms with E-state index in [1.165, 1.54) is 0 Å². The van der Waals surface area contributed by atoms with Crippen LogP contribution in [-0.4, -0.2) is 24.6 Å². The van der Waals surface area contributed by atoms with Gasteiger partial charge in [0.1, 0.15) is 6.42 Å². The first-order chi connectivity index (χ1) is 11.1. The maximum atomic E-state index is 11.7. The number of hydrazone groups is 1. The Hall–Kier alpha value is -2.69. The van der Waals surface area contributed by atoms with Crippen LogP contribution in [0.4, 0.5) is 0 Å². The van der Waals surface area contributed by atoms with Crippen LogP contribution in [0.15, 0.2) is 47.6 Å². The Labute approximate surface area is 135 Å². The highest BCUT2D eigenvalue weighted by atomic mass is 16.2. The molecule has 0 aromatic heterocycles. The molecule has 5 nitrogen and oxygen atoms in total. The summed E-state index contributed by atoms with van der Waals surface area (Å²) in [7, 11) is 0. The summed E-state index contributed by atoms with van der Waals surface area (Å²) >= 11 is 0. The van der Waals surface area contributed by atoms with Gasteiger partial charge in [0.15, 0.2) is 0 Å². The fourth-order valence-electron chi connectivity index (χ4n) is 2.10. The van der Waals surface area contributed by atoms with Crippen LogP contribution in [0.2, 0.25) is 0 Å². The number of hydrogen-bond acceptors (Lipinski definition) is 3. The lowest BCUT2D eigenvalue weighted by molar-refractivity contribution is -0.129. The van der Waals surface area contributed by atoms with Crippen LogP contribution in [0, 0.1) is 5.92 Å². The molecule has 0 atom stereocenters. The monoisotopic (exact) mass is 311 g/mol. The van der Waals surface area contributed by atoms with Crippen LogP contribution in [-0.2, 0) is 9.59 Å². The number of amides is 2. The summed E-state index contributed by atoms with van der Waals surface area (Å²) in [5, 5.41) is 8.79. The van der Waals surface area contributed by atoms with E-state index in [9.17, 15) is 9.59 Å². The molecule has 0 heterocycles. The number of benzene rings is 2. The van der Waals surface area contributed by atoms with Crippen molar-refractivity contribution in [3.63, 3.8) is 0 Å². The lowest BCUT2D eigenvalue weighted by atomic mass is 10.1.